The van der Waals surface area contributed by atoms with Gasteiger partial charge in [0.1, 0.15) is 18.2 Å². The van der Waals surface area contributed by atoms with Crippen LogP contribution in [0.2, 0.25) is 5.02 Å². The van der Waals surface area contributed by atoms with Gasteiger partial charge in [-0.3, -0.25) is 10.1 Å². The fourth-order valence-corrected chi connectivity index (χ4v) is 4.18. The Kier molecular flexibility index (Phi) is 5.03. The van der Waals surface area contributed by atoms with Gasteiger partial charge in [0.15, 0.2) is 0 Å². The maximum atomic E-state index is 13.2. The summed E-state index contributed by atoms with van der Waals surface area (Å²) in [6, 6.07) is 3.26. The molecule has 0 saturated carbocycles. The van der Waals surface area contributed by atoms with E-state index in [2.05, 4.69) is 9.97 Å². The molecule has 0 atom stereocenters. The molecule has 3 rings (SSSR count). The third-order valence-electron chi connectivity index (χ3n) is 3.89. The quantitative estimate of drug-likeness (QED) is 0.566. The highest BCUT2D eigenvalue weighted by Gasteiger charge is 2.30. The summed E-state index contributed by atoms with van der Waals surface area (Å²) < 4.78 is 39.8. The maximum absolute atomic E-state index is 13.2. The second-order valence-electron chi connectivity index (χ2n) is 5.47. The van der Waals surface area contributed by atoms with E-state index in [0.717, 1.165) is 24.5 Å². The number of anilines is 1. The van der Waals surface area contributed by atoms with Gasteiger partial charge in [-0.2, -0.15) is 4.31 Å². The maximum Gasteiger partial charge on any atom is 0.305 e. The second-order valence-corrected chi connectivity index (χ2v) is 7.81. The van der Waals surface area contributed by atoms with E-state index >= 15 is 0 Å². The molecule has 1 aromatic heterocycles. The average Bonchev–Trinajstić information content (AvgIpc) is 2.64. The topological polar surface area (TPSA) is 110 Å². The number of rotatable bonds is 4. The summed E-state index contributed by atoms with van der Waals surface area (Å²) >= 11 is 5.67. The van der Waals surface area contributed by atoms with Crippen LogP contribution in [0.1, 0.15) is 0 Å². The van der Waals surface area contributed by atoms with Crippen molar-refractivity contribution < 1.29 is 17.7 Å². The minimum atomic E-state index is -3.80. The summed E-state index contributed by atoms with van der Waals surface area (Å²) in [6.07, 6.45) is 2.21. The number of halogens is 2. The van der Waals surface area contributed by atoms with E-state index in [1.165, 1.54) is 10.4 Å². The fraction of sp³-hybridized carbons (Fsp3) is 0.286. The van der Waals surface area contributed by atoms with Crippen molar-refractivity contribution in [1.82, 2.24) is 14.3 Å². The zero-order valence-electron chi connectivity index (χ0n) is 13.2. The van der Waals surface area contributed by atoms with Crippen molar-refractivity contribution in [3.8, 4) is 0 Å². The van der Waals surface area contributed by atoms with Gasteiger partial charge in [0.05, 0.1) is 14.8 Å². The third-order valence-corrected chi connectivity index (χ3v) is 6.07. The van der Waals surface area contributed by atoms with E-state index in [1.807, 2.05) is 0 Å². The Morgan fingerprint density at radius 3 is 2.31 bits per heavy atom. The van der Waals surface area contributed by atoms with Crippen LogP contribution in [0.15, 0.2) is 35.5 Å². The largest absolute Gasteiger partial charge is 0.338 e. The van der Waals surface area contributed by atoms with Gasteiger partial charge in [-0.25, -0.2) is 22.8 Å². The molecule has 1 saturated heterocycles. The van der Waals surface area contributed by atoms with Crippen molar-refractivity contribution in [3.63, 3.8) is 0 Å². The molecule has 1 fully saturated rings. The van der Waals surface area contributed by atoms with E-state index in [1.54, 1.807) is 4.90 Å². The molecular formula is C14H13ClFN5O4S. The van der Waals surface area contributed by atoms with Gasteiger partial charge < -0.3 is 4.90 Å². The standard InChI is InChI=1S/C14H13ClFN5O4S/c15-12-7-11(1-2-13(12)16)26(24,25)20-5-3-19(4-6-20)14-17-8-10(9-18-14)21(22)23/h1-2,7-9H,3-6H2. The van der Waals surface area contributed by atoms with Crippen LogP contribution in [0, 0.1) is 15.9 Å². The molecule has 1 aromatic carbocycles. The van der Waals surface area contributed by atoms with E-state index < -0.39 is 20.8 Å². The van der Waals surface area contributed by atoms with Crippen molar-refractivity contribution in [2.45, 2.75) is 4.90 Å². The number of hydrogen-bond acceptors (Lipinski definition) is 7. The van der Waals surface area contributed by atoms with E-state index in [4.69, 9.17) is 11.6 Å². The molecule has 0 unspecified atom stereocenters. The average molecular weight is 402 g/mol. The van der Waals surface area contributed by atoms with Gasteiger partial charge in [-0.15, -0.1) is 0 Å². The lowest BCUT2D eigenvalue weighted by Gasteiger charge is -2.33. The number of nitrogens with zero attached hydrogens (tertiary/aromatic N) is 5. The number of piperazine rings is 1. The molecule has 9 nitrogen and oxygen atoms in total. The van der Waals surface area contributed by atoms with Crippen LogP contribution in [0.4, 0.5) is 16.0 Å². The Hall–Kier alpha value is -2.37. The van der Waals surface area contributed by atoms with Crippen LogP contribution in [0.5, 0.6) is 0 Å². The molecule has 2 heterocycles. The van der Waals surface area contributed by atoms with Crippen molar-refractivity contribution in [2.24, 2.45) is 0 Å². The normalized spacial score (nSPS) is 15.8. The van der Waals surface area contributed by atoms with Crippen LogP contribution in [-0.2, 0) is 10.0 Å². The van der Waals surface area contributed by atoms with Crippen molar-refractivity contribution in [2.75, 3.05) is 31.1 Å². The number of aromatic nitrogens is 2. The van der Waals surface area contributed by atoms with Crippen LogP contribution in [-0.4, -0.2) is 53.8 Å². The van der Waals surface area contributed by atoms with Crippen LogP contribution < -0.4 is 4.90 Å². The van der Waals surface area contributed by atoms with Crippen LogP contribution in [0.3, 0.4) is 0 Å². The highest BCUT2D eigenvalue weighted by molar-refractivity contribution is 7.89. The smallest absolute Gasteiger partial charge is 0.305 e. The molecule has 0 aliphatic carbocycles. The van der Waals surface area contributed by atoms with Gasteiger partial charge in [0, 0.05) is 26.2 Å². The predicted octanol–water partition coefficient (Wildman–Crippen LogP) is 1.69. The second kappa shape index (κ2) is 7.09. The first kappa shape index (κ1) is 18.4. The molecule has 1 aliphatic rings. The highest BCUT2D eigenvalue weighted by atomic mass is 35.5. The van der Waals surface area contributed by atoms with Crippen LogP contribution >= 0.6 is 11.6 Å². The molecule has 138 valence electrons. The lowest BCUT2D eigenvalue weighted by atomic mass is 10.3. The molecule has 0 bridgehead atoms. The van der Waals surface area contributed by atoms with Crippen molar-refractivity contribution >= 4 is 33.3 Å². The number of nitro groups is 1. The Morgan fingerprint density at radius 1 is 1.15 bits per heavy atom. The fourth-order valence-electron chi connectivity index (χ4n) is 2.49. The lowest BCUT2D eigenvalue weighted by Crippen LogP contribution is -2.49. The monoisotopic (exact) mass is 401 g/mol. The molecule has 0 radical (unpaired) electrons. The van der Waals surface area contributed by atoms with Crippen molar-refractivity contribution in [3.05, 3.63) is 51.5 Å². The SMILES string of the molecule is O=[N+]([O-])c1cnc(N2CCN(S(=O)(=O)c3ccc(F)c(Cl)c3)CC2)nc1. The third kappa shape index (κ3) is 3.59. The minimum Gasteiger partial charge on any atom is -0.338 e. The highest BCUT2D eigenvalue weighted by Crippen LogP contribution is 2.24. The summed E-state index contributed by atoms with van der Waals surface area (Å²) in [4.78, 5) is 19.6. The van der Waals surface area contributed by atoms with Gasteiger partial charge in [0.25, 0.3) is 0 Å². The first-order valence-corrected chi connectivity index (χ1v) is 9.27. The van der Waals surface area contributed by atoms with Gasteiger partial charge in [-0.05, 0) is 18.2 Å². The minimum absolute atomic E-state index is 0.0797. The molecule has 1 aliphatic heterocycles. The number of benzene rings is 1. The first-order chi connectivity index (χ1) is 12.3. The predicted molar refractivity (Wildman–Crippen MR) is 91.1 cm³/mol. The summed E-state index contributed by atoms with van der Waals surface area (Å²) in [6.45, 7) is 0.952. The molecule has 26 heavy (non-hydrogen) atoms. The summed E-state index contributed by atoms with van der Waals surface area (Å²) in [5, 5.41) is 10.4. The van der Waals surface area contributed by atoms with E-state index in [-0.39, 0.29) is 34.6 Å². The Morgan fingerprint density at radius 2 is 1.77 bits per heavy atom. The summed E-state index contributed by atoms with van der Waals surface area (Å²) in [5.41, 5.74) is -0.219. The number of sulfonamides is 1. The molecule has 12 heteroatoms. The molecule has 0 N–H and O–H groups in total. The van der Waals surface area contributed by atoms with Crippen molar-refractivity contribution in [1.29, 1.82) is 0 Å². The van der Waals surface area contributed by atoms with E-state index in [9.17, 15) is 22.9 Å². The van der Waals surface area contributed by atoms with Gasteiger partial charge >= 0.3 is 5.69 Å². The molecule has 0 spiro atoms. The zero-order chi connectivity index (χ0) is 18.9. The first-order valence-electron chi connectivity index (χ1n) is 7.45. The van der Waals surface area contributed by atoms with E-state index in [0.29, 0.717) is 13.1 Å². The molecule has 2 aromatic rings. The summed E-state index contributed by atoms with van der Waals surface area (Å²) in [7, 11) is -3.80. The Bertz CT molecular complexity index is 933. The Labute approximate surface area is 153 Å². The summed E-state index contributed by atoms with van der Waals surface area (Å²) in [5.74, 6) is -0.400. The zero-order valence-corrected chi connectivity index (χ0v) is 14.8. The molecular weight excluding hydrogens is 389 g/mol. The van der Waals surface area contributed by atoms with Gasteiger partial charge in [-0.1, -0.05) is 11.6 Å². The van der Waals surface area contributed by atoms with Gasteiger partial charge in [0.2, 0.25) is 16.0 Å². The van der Waals surface area contributed by atoms with Crippen LogP contribution in [0.25, 0.3) is 0 Å². The Balaban J connectivity index is 1.71. The lowest BCUT2D eigenvalue weighted by molar-refractivity contribution is -0.385. The number of hydrogen-bond donors (Lipinski definition) is 0. The molecule has 0 amide bonds.